The number of ketones is 1. The largest absolute Gasteiger partial charge is 0.507 e. The summed E-state index contributed by atoms with van der Waals surface area (Å²) in [6.07, 6.45) is 1.79. The fourth-order valence-electron chi connectivity index (χ4n) is 4.04. The summed E-state index contributed by atoms with van der Waals surface area (Å²) in [5.41, 5.74) is 7.82. The van der Waals surface area contributed by atoms with Gasteiger partial charge in [0.25, 0.3) is 0 Å². The number of carbonyl (C=O) groups excluding carboxylic acids is 2. The van der Waals surface area contributed by atoms with Gasteiger partial charge < -0.3 is 25.1 Å². The van der Waals surface area contributed by atoms with Crippen molar-refractivity contribution in [2.75, 3.05) is 0 Å². The Labute approximate surface area is 217 Å². The molecule has 0 unspecified atom stereocenters. The van der Waals surface area contributed by atoms with E-state index in [2.05, 4.69) is 15.9 Å². The Balaban J connectivity index is 1.72. The lowest BCUT2D eigenvalue weighted by Crippen LogP contribution is -2.11. The number of rotatable bonds is 10. The number of fused-ring (bicyclic) bond motifs is 1. The molecule has 0 atom stereocenters. The lowest BCUT2D eigenvalue weighted by atomic mass is 9.90. The van der Waals surface area contributed by atoms with Gasteiger partial charge in [0, 0.05) is 29.9 Å². The van der Waals surface area contributed by atoms with Crippen LogP contribution in [-0.4, -0.2) is 29.7 Å². The van der Waals surface area contributed by atoms with Gasteiger partial charge in [0.15, 0.2) is 17.3 Å². The van der Waals surface area contributed by atoms with E-state index in [-0.39, 0.29) is 42.0 Å². The molecule has 0 saturated carbocycles. The van der Waals surface area contributed by atoms with Crippen molar-refractivity contribution in [1.29, 1.82) is 0 Å². The van der Waals surface area contributed by atoms with Crippen molar-refractivity contribution < 1.29 is 29.0 Å². The number of phenols is 2. The smallest absolute Gasteiger partial charge is 0.217 e. The maximum absolute atomic E-state index is 13.7. The van der Waals surface area contributed by atoms with Crippen molar-refractivity contribution in [1.82, 2.24) is 0 Å². The lowest BCUT2D eigenvalue weighted by molar-refractivity contribution is -0.118. The second-order valence-corrected chi connectivity index (χ2v) is 9.47. The number of halogens is 1. The Kier molecular flexibility index (Phi) is 7.69. The third kappa shape index (κ3) is 5.57. The fraction of sp³-hybridized carbons (Fsp3) is 0.185. The van der Waals surface area contributed by atoms with E-state index in [0.29, 0.717) is 57.1 Å². The summed E-state index contributed by atoms with van der Waals surface area (Å²) in [6.45, 7) is 0.257. The number of aromatic hydroxyl groups is 2. The zero-order valence-electron chi connectivity index (χ0n) is 19.7. The third-order valence-corrected chi connectivity index (χ3v) is 6.50. The first-order valence-electron chi connectivity index (χ1n) is 11.5. The van der Waals surface area contributed by atoms with Crippen LogP contribution in [0.25, 0.3) is 11.0 Å². The molecule has 0 fully saturated rings. The van der Waals surface area contributed by atoms with Crippen LogP contribution in [0.2, 0.25) is 0 Å². The summed E-state index contributed by atoms with van der Waals surface area (Å²) in [7, 11) is 1.71. The van der Waals surface area contributed by atoms with E-state index < -0.39 is 0 Å². The number of hydrogen-bond acceptors (Lipinski definition) is 6. The molecule has 1 aromatic heterocycles. The first-order valence-corrected chi connectivity index (χ1v) is 12.3. The Morgan fingerprint density at radius 2 is 1.81 bits per heavy atom. The SMILES string of the molecule is Bc1cc(C(=O)c2c(CCCCC(N)=O)oc3cc(OCc4ccccc4)c(O)cc23)cc(Br)c1O. The molecular formula is C27H25BBrNO6. The van der Waals surface area contributed by atoms with Crippen LogP contribution in [0.5, 0.6) is 17.2 Å². The number of ether oxygens (including phenoxy) is 1. The number of phenolic OH excluding ortho intramolecular Hbond substituents is 2. The second kappa shape index (κ2) is 10.9. The van der Waals surface area contributed by atoms with E-state index in [9.17, 15) is 19.8 Å². The van der Waals surface area contributed by atoms with Crippen molar-refractivity contribution >= 4 is 51.9 Å². The predicted octanol–water partition coefficient (Wildman–Crippen LogP) is 3.87. The zero-order chi connectivity index (χ0) is 25.8. The molecule has 0 aliphatic rings. The molecule has 36 heavy (non-hydrogen) atoms. The summed E-state index contributed by atoms with van der Waals surface area (Å²) >= 11 is 3.29. The lowest BCUT2D eigenvalue weighted by Gasteiger charge is -2.09. The molecule has 0 aliphatic heterocycles. The summed E-state index contributed by atoms with van der Waals surface area (Å²) in [5.74, 6) is -0.0569. The Morgan fingerprint density at radius 3 is 2.50 bits per heavy atom. The monoisotopic (exact) mass is 549 g/mol. The number of furan rings is 1. The van der Waals surface area contributed by atoms with Gasteiger partial charge >= 0.3 is 0 Å². The highest BCUT2D eigenvalue weighted by Gasteiger charge is 2.25. The Morgan fingerprint density at radius 1 is 1.06 bits per heavy atom. The van der Waals surface area contributed by atoms with Crippen LogP contribution in [0.4, 0.5) is 0 Å². The second-order valence-electron chi connectivity index (χ2n) is 8.62. The minimum Gasteiger partial charge on any atom is -0.507 e. The number of aryl methyl sites for hydroxylation is 1. The number of primary amides is 1. The van der Waals surface area contributed by atoms with Crippen LogP contribution in [0.3, 0.4) is 0 Å². The van der Waals surface area contributed by atoms with E-state index >= 15 is 0 Å². The summed E-state index contributed by atoms with van der Waals surface area (Å²) < 4.78 is 12.3. The van der Waals surface area contributed by atoms with Gasteiger partial charge in [-0.05, 0) is 51.9 Å². The molecule has 0 radical (unpaired) electrons. The first kappa shape index (κ1) is 25.4. The van der Waals surface area contributed by atoms with Gasteiger partial charge in [0.2, 0.25) is 5.91 Å². The third-order valence-electron chi connectivity index (χ3n) is 5.90. The number of carbonyl (C=O) groups is 2. The molecule has 7 nitrogen and oxygen atoms in total. The summed E-state index contributed by atoms with van der Waals surface area (Å²) in [6, 6.07) is 15.8. The Bertz CT molecular complexity index is 1410. The van der Waals surface area contributed by atoms with Crippen molar-refractivity contribution in [2.45, 2.75) is 32.3 Å². The van der Waals surface area contributed by atoms with Gasteiger partial charge in [0.1, 0.15) is 31.5 Å². The Hall–Kier alpha value is -3.72. The zero-order valence-corrected chi connectivity index (χ0v) is 21.3. The quantitative estimate of drug-likeness (QED) is 0.157. The van der Waals surface area contributed by atoms with Crippen LogP contribution >= 0.6 is 15.9 Å². The topological polar surface area (TPSA) is 123 Å². The highest BCUT2D eigenvalue weighted by Crippen LogP contribution is 2.38. The van der Waals surface area contributed by atoms with Gasteiger partial charge in [-0.1, -0.05) is 36.4 Å². The minimum atomic E-state index is -0.384. The summed E-state index contributed by atoms with van der Waals surface area (Å²) in [4.78, 5) is 24.8. The average Bonchev–Trinajstić information content (AvgIpc) is 3.20. The maximum Gasteiger partial charge on any atom is 0.217 e. The van der Waals surface area contributed by atoms with Gasteiger partial charge in [-0.2, -0.15) is 0 Å². The molecular weight excluding hydrogens is 525 g/mol. The number of nitrogens with two attached hydrogens (primary N) is 1. The highest BCUT2D eigenvalue weighted by atomic mass is 79.9. The molecule has 1 heterocycles. The number of unbranched alkanes of at least 4 members (excludes halogenated alkanes) is 1. The van der Waals surface area contributed by atoms with Gasteiger partial charge in [-0.15, -0.1) is 0 Å². The molecule has 3 aromatic carbocycles. The van der Waals surface area contributed by atoms with E-state index in [1.165, 1.54) is 6.07 Å². The van der Waals surface area contributed by atoms with Crippen LogP contribution in [0.1, 0.15) is 46.5 Å². The van der Waals surface area contributed by atoms with Gasteiger partial charge in [-0.3, -0.25) is 9.59 Å². The van der Waals surface area contributed by atoms with E-state index in [0.717, 1.165) is 5.56 Å². The van der Waals surface area contributed by atoms with Crippen LogP contribution in [0.15, 0.2) is 63.5 Å². The van der Waals surface area contributed by atoms with Gasteiger partial charge in [-0.25, -0.2) is 0 Å². The van der Waals surface area contributed by atoms with E-state index in [1.54, 1.807) is 26.0 Å². The summed E-state index contributed by atoms with van der Waals surface area (Å²) in [5, 5.41) is 21.3. The fourth-order valence-corrected chi connectivity index (χ4v) is 4.60. The number of hydrogen-bond donors (Lipinski definition) is 3. The van der Waals surface area contributed by atoms with E-state index in [1.807, 2.05) is 30.3 Å². The van der Waals surface area contributed by atoms with Crippen LogP contribution < -0.4 is 15.9 Å². The minimum absolute atomic E-state index is 0.0631. The van der Waals surface area contributed by atoms with Crippen molar-refractivity contribution in [3.05, 3.63) is 81.5 Å². The molecule has 0 aliphatic carbocycles. The molecule has 9 heteroatoms. The molecule has 184 valence electrons. The van der Waals surface area contributed by atoms with Crippen molar-refractivity contribution in [3.8, 4) is 17.2 Å². The van der Waals surface area contributed by atoms with Crippen molar-refractivity contribution in [3.63, 3.8) is 0 Å². The molecule has 1 amide bonds. The van der Waals surface area contributed by atoms with Crippen molar-refractivity contribution in [2.24, 2.45) is 5.73 Å². The number of benzene rings is 3. The predicted molar refractivity (Wildman–Crippen MR) is 143 cm³/mol. The van der Waals surface area contributed by atoms with Crippen LogP contribution in [-0.2, 0) is 17.8 Å². The maximum atomic E-state index is 13.7. The molecule has 4 rings (SSSR count). The number of amides is 1. The average molecular weight is 550 g/mol. The molecule has 4 aromatic rings. The van der Waals surface area contributed by atoms with Gasteiger partial charge in [0.05, 0.1) is 10.0 Å². The van der Waals surface area contributed by atoms with Crippen LogP contribution in [0, 0.1) is 0 Å². The highest BCUT2D eigenvalue weighted by molar-refractivity contribution is 9.10. The molecule has 0 bridgehead atoms. The standard InChI is InChI=1S/C27H25BBrNO6/c28-18-10-16(11-19(29)27(18)34)26(33)25-17-12-20(31)23(35-14-15-6-2-1-3-7-15)13-22(17)36-21(25)8-4-5-9-24(30)32/h1-3,6-7,10-13,31,34H,4-5,8-9,14,28H2,(H2,30,32). The molecule has 0 spiro atoms. The first-order chi connectivity index (χ1) is 17.2. The van der Waals surface area contributed by atoms with E-state index in [4.69, 9.17) is 14.9 Å². The molecule has 4 N–H and O–H groups in total. The molecule has 0 saturated heterocycles. The normalized spacial score (nSPS) is 11.0.